The number of carbonyl (C=O) groups excluding carboxylic acids is 1. The van der Waals surface area contributed by atoms with Crippen LogP contribution in [-0.4, -0.2) is 34.6 Å². The summed E-state index contributed by atoms with van der Waals surface area (Å²) in [5, 5.41) is 4.55. The highest BCUT2D eigenvalue weighted by Crippen LogP contribution is 2.26. The Morgan fingerprint density at radius 2 is 2.18 bits per heavy atom. The van der Waals surface area contributed by atoms with E-state index in [0.717, 1.165) is 5.56 Å². The number of hydrogen-bond donors (Lipinski definition) is 0. The molecule has 6 nitrogen and oxygen atoms in total. The highest BCUT2D eigenvalue weighted by Gasteiger charge is 2.13. The van der Waals surface area contributed by atoms with Gasteiger partial charge in [-0.25, -0.2) is 0 Å². The number of carbonyl (C=O) groups is 1. The molecule has 0 atom stereocenters. The van der Waals surface area contributed by atoms with Crippen LogP contribution in [0.3, 0.4) is 0 Å². The summed E-state index contributed by atoms with van der Waals surface area (Å²) in [5.41, 5.74) is 0.776. The number of amides is 1. The highest BCUT2D eigenvalue weighted by atomic mass is 35.5. The molecular formula is C14H15Cl2N3O3. The zero-order chi connectivity index (χ0) is 16.1. The molecule has 0 aliphatic rings. The third kappa shape index (κ3) is 4.43. The fourth-order valence-electron chi connectivity index (χ4n) is 1.75. The molecule has 0 radical (unpaired) electrons. The Hall–Kier alpha value is -1.63. The molecule has 22 heavy (non-hydrogen) atoms. The lowest BCUT2D eigenvalue weighted by Crippen LogP contribution is -2.30. The zero-order valence-electron chi connectivity index (χ0n) is 12.2. The first-order valence-electron chi connectivity index (χ1n) is 6.51. The molecule has 0 unspecified atom stereocenters. The van der Waals surface area contributed by atoms with Crippen LogP contribution in [-0.2, 0) is 22.7 Å². The highest BCUT2D eigenvalue weighted by molar-refractivity contribution is 6.42. The van der Waals surface area contributed by atoms with Gasteiger partial charge in [-0.2, -0.15) is 4.98 Å². The van der Waals surface area contributed by atoms with Gasteiger partial charge in [0.15, 0.2) is 5.82 Å². The smallest absolute Gasteiger partial charge is 0.252 e. The molecule has 1 amide bonds. The largest absolute Gasteiger partial charge is 0.362 e. The molecule has 0 aliphatic heterocycles. The molecule has 0 spiro atoms. The van der Waals surface area contributed by atoms with Gasteiger partial charge in [-0.3, -0.25) is 4.79 Å². The van der Waals surface area contributed by atoms with Gasteiger partial charge in [-0.05, 0) is 18.6 Å². The molecule has 8 heteroatoms. The van der Waals surface area contributed by atoms with Crippen LogP contribution in [0.4, 0.5) is 0 Å². The van der Waals surface area contributed by atoms with Crippen LogP contribution in [0.25, 0.3) is 0 Å². The first kappa shape index (κ1) is 16.7. The Kier molecular flexibility index (Phi) is 5.76. The van der Waals surface area contributed by atoms with Crippen LogP contribution < -0.4 is 0 Å². The molecule has 0 aliphatic carbocycles. The number of rotatable bonds is 6. The number of benzene rings is 1. The molecule has 0 saturated carbocycles. The first-order chi connectivity index (χ1) is 10.5. The summed E-state index contributed by atoms with van der Waals surface area (Å²) in [5.74, 6) is 0.677. The zero-order valence-corrected chi connectivity index (χ0v) is 13.7. The van der Waals surface area contributed by atoms with Crippen molar-refractivity contribution in [3.8, 4) is 0 Å². The van der Waals surface area contributed by atoms with Gasteiger partial charge in [-0.1, -0.05) is 40.5 Å². The molecule has 118 valence electrons. The Labute approximate surface area is 138 Å². The number of hydrogen-bond acceptors (Lipinski definition) is 5. The normalized spacial score (nSPS) is 10.7. The molecule has 1 aromatic heterocycles. The van der Waals surface area contributed by atoms with Crippen molar-refractivity contribution >= 4 is 29.1 Å². The van der Waals surface area contributed by atoms with Crippen LogP contribution in [0.15, 0.2) is 22.7 Å². The summed E-state index contributed by atoms with van der Waals surface area (Å²) in [6.07, 6.45) is 0. The molecular weight excluding hydrogens is 329 g/mol. The van der Waals surface area contributed by atoms with Crippen LogP contribution >= 0.6 is 23.2 Å². The SMILES string of the molecule is Cc1noc(COCC(=O)N(C)Cc2cccc(Cl)c2Cl)n1. The minimum absolute atomic E-state index is 0.0872. The Bertz CT molecular complexity index is 661. The minimum atomic E-state index is -0.188. The van der Waals surface area contributed by atoms with E-state index in [-0.39, 0.29) is 19.1 Å². The third-order valence-electron chi connectivity index (χ3n) is 2.89. The summed E-state index contributed by atoms with van der Waals surface area (Å²) in [7, 11) is 1.67. The van der Waals surface area contributed by atoms with Gasteiger partial charge in [0.05, 0.1) is 10.0 Å². The van der Waals surface area contributed by atoms with Gasteiger partial charge >= 0.3 is 0 Å². The summed E-state index contributed by atoms with van der Waals surface area (Å²) in [6, 6.07) is 5.31. The quantitative estimate of drug-likeness (QED) is 0.806. The maximum absolute atomic E-state index is 12.0. The lowest BCUT2D eigenvalue weighted by atomic mass is 10.2. The molecule has 0 fully saturated rings. The molecule has 2 aromatic rings. The van der Waals surface area contributed by atoms with E-state index in [1.807, 2.05) is 6.07 Å². The maximum atomic E-state index is 12.0. The second-order valence-corrected chi connectivity index (χ2v) is 5.48. The Balaban J connectivity index is 1.83. The summed E-state index contributed by atoms with van der Waals surface area (Å²) < 4.78 is 10.1. The summed E-state index contributed by atoms with van der Waals surface area (Å²) >= 11 is 12.0. The number of ether oxygens (including phenoxy) is 1. The minimum Gasteiger partial charge on any atom is -0.362 e. The fourth-order valence-corrected chi connectivity index (χ4v) is 2.13. The lowest BCUT2D eigenvalue weighted by molar-refractivity contribution is -0.136. The number of halogens is 2. The van der Waals surface area contributed by atoms with Gasteiger partial charge in [0, 0.05) is 13.6 Å². The topological polar surface area (TPSA) is 68.5 Å². The average Bonchev–Trinajstić information content (AvgIpc) is 2.89. The van der Waals surface area contributed by atoms with Gasteiger partial charge in [0.25, 0.3) is 5.89 Å². The average molecular weight is 344 g/mol. The van der Waals surface area contributed by atoms with Crippen molar-refractivity contribution in [3.63, 3.8) is 0 Å². The van der Waals surface area contributed by atoms with Crippen molar-refractivity contribution in [3.05, 3.63) is 45.5 Å². The Morgan fingerprint density at radius 1 is 1.41 bits per heavy atom. The molecule has 1 aromatic carbocycles. The van der Waals surface area contributed by atoms with Gasteiger partial charge in [0.1, 0.15) is 13.2 Å². The van der Waals surface area contributed by atoms with Crippen LogP contribution in [0.2, 0.25) is 10.0 Å². The van der Waals surface area contributed by atoms with E-state index in [9.17, 15) is 4.79 Å². The van der Waals surface area contributed by atoms with Crippen molar-refractivity contribution in [2.45, 2.75) is 20.1 Å². The summed E-state index contributed by atoms with van der Waals surface area (Å²) in [4.78, 5) is 17.5. The van der Waals surface area contributed by atoms with Crippen molar-refractivity contribution in [1.82, 2.24) is 15.0 Å². The van der Waals surface area contributed by atoms with Gasteiger partial charge < -0.3 is 14.2 Å². The molecule has 0 saturated heterocycles. The van der Waals surface area contributed by atoms with E-state index in [1.54, 1.807) is 26.1 Å². The van der Waals surface area contributed by atoms with Crippen LogP contribution in [0.5, 0.6) is 0 Å². The van der Waals surface area contributed by atoms with E-state index >= 15 is 0 Å². The molecule has 0 N–H and O–H groups in total. The summed E-state index contributed by atoms with van der Waals surface area (Å²) in [6.45, 7) is 2.07. The second-order valence-electron chi connectivity index (χ2n) is 4.69. The molecule has 1 heterocycles. The van der Waals surface area contributed by atoms with Crippen molar-refractivity contribution in [1.29, 1.82) is 0 Å². The van der Waals surface area contributed by atoms with E-state index in [4.69, 9.17) is 32.5 Å². The first-order valence-corrected chi connectivity index (χ1v) is 7.26. The fraction of sp³-hybridized carbons (Fsp3) is 0.357. The predicted molar refractivity (Wildman–Crippen MR) is 81.6 cm³/mol. The lowest BCUT2D eigenvalue weighted by Gasteiger charge is -2.18. The van der Waals surface area contributed by atoms with Crippen molar-refractivity contribution < 1.29 is 14.1 Å². The van der Waals surface area contributed by atoms with E-state index in [2.05, 4.69) is 10.1 Å². The van der Waals surface area contributed by atoms with E-state index in [0.29, 0.717) is 28.3 Å². The van der Waals surface area contributed by atoms with Gasteiger partial charge in [-0.15, -0.1) is 0 Å². The third-order valence-corrected chi connectivity index (χ3v) is 3.74. The predicted octanol–water partition coefficient (Wildman–Crippen LogP) is 2.86. The number of aryl methyl sites for hydroxylation is 1. The molecule has 2 rings (SSSR count). The number of nitrogens with zero attached hydrogens (tertiary/aromatic N) is 3. The van der Waals surface area contributed by atoms with Gasteiger partial charge in [0.2, 0.25) is 5.91 Å². The number of likely N-dealkylation sites (N-methyl/N-ethyl adjacent to an activating group) is 1. The van der Waals surface area contributed by atoms with Crippen molar-refractivity contribution in [2.24, 2.45) is 0 Å². The molecule has 0 bridgehead atoms. The van der Waals surface area contributed by atoms with Crippen LogP contribution in [0.1, 0.15) is 17.3 Å². The monoisotopic (exact) mass is 343 g/mol. The second kappa shape index (κ2) is 7.58. The standard InChI is InChI=1S/C14H15Cl2N3O3/c1-9-17-12(22-18-9)7-21-8-13(20)19(2)6-10-4-3-5-11(15)14(10)16/h3-5H,6-8H2,1-2H3. The van der Waals surface area contributed by atoms with E-state index < -0.39 is 0 Å². The van der Waals surface area contributed by atoms with E-state index in [1.165, 1.54) is 4.90 Å². The number of aromatic nitrogens is 2. The Morgan fingerprint density at radius 3 is 2.86 bits per heavy atom. The van der Waals surface area contributed by atoms with Crippen LogP contribution in [0, 0.1) is 6.92 Å². The maximum Gasteiger partial charge on any atom is 0.252 e. The van der Waals surface area contributed by atoms with Crippen molar-refractivity contribution in [2.75, 3.05) is 13.7 Å².